The molecule has 0 aliphatic carbocycles. The normalized spacial score (nSPS) is 10.8. The van der Waals surface area contributed by atoms with E-state index in [0.717, 1.165) is 22.7 Å². The van der Waals surface area contributed by atoms with Gasteiger partial charge in [0.15, 0.2) is 0 Å². The second-order valence-electron chi connectivity index (χ2n) is 8.78. The average Bonchev–Trinajstić information content (AvgIpc) is 2.95. The molecule has 6 aromatic rings. The zero-order valence-corrected chi connectivity index (χ0v) is 19.9. The van der Waals surface area contributed by atoms with Crippen molar-refractivity contribution in [2.75, 3.05) is 10.6 Å². The standard InChI is InChI=1S/C34H26N2/c1-3-13-25(14-4-1)28-18-9-10-20-31(28)35-32-21-11-12-22-33(32)36-34-29-19-8-7-17-27(29)23-24-30(34)26-15-5-2-6-16-26/h1-24,35-36H. The van der Waals surface area contributed by atoms with Gasteiger partial charge in [-0.3, -0.25) is 0 Å². The van der Waals surface area contributed by atoms with E-state index in [1.807, 2.05) is 6.07 Å². The van der Waals surface area contributed by atoms with E-state index in [-0.39, 0.29) is 0 Å². The minimum absolute atomic E-state index is 1.02. The van der Waals surface area contributed by atoms with Gasteiger partial charge >= 0.3 is 0 Å². The van der Waals surface area contributed by atoms with Crippen LogP contribution in [0.15, 0.2) is 146 Å². The zero-order valence-electron chi connectivity index (χ0n) is 19.9. The van der Waals surface area contributed by atoms with E-state index in [2.05, 4.69) is 150 Å². The summed E-state index contributed by atoms with van der Waals surface area (Å²) in [5, 5.41) is 9.91. The molecule has 2 nitrogen and oxygen atoms in total. The molecular weight excluding hydrogens is 436 g/mol. The van der Waals surface area contributed by atoms with Crippen LogP contribution in [0.3, 0.4) is 0 Å². The third-order valence-electron chi connectivity index (χ3n) is 6.48. The summed E-state index contributed by atoms with van der Waals surface area (Å²) in [4.78, 5) is 0. The number of benzene rings is 6. The smallest absolute Gasteiger partial charge is 0.0623 e. The fourth-order valence-electron chi connectivity index (χ4n) is 4.71. The Hall–Kier alpha value is -4.82. The molecule has 0 aliphatic heterocycles. The summed E-state index contributed by atoms with van der Waals surface area (Å²) in [6.07, 6.45) is 0. The molecule has 0 fully saturated rings. The number of fused-ring (bicyclic) bond motifs is 1. The third-order valence-corrected chi connectivity index (χ3v) is 6.48. The summed E-state index contributed by atoms with van der Waals surface area (Å²) in [5.74, 6) is 0. The van der Waals surface area contributed by atoms with Crippen LogP contribution in [0.5, 0.6) is 0 Å². The van der Waals surface area contributed by atoms with E-state index in [9.17, 15) is 0 Å². The minimum atomic E-state index is 1.02. The van der Waals surface area contributed by atoms with Crippen molar-refractivity contribution in [1.82, 2.24) is 0 Å². The van der Waals surface area contributed by atoms with E-state index in [0.29, 0.717) is 0 Å². The molecule has 0 atom stereocenters. The number of hydrogen-bond donors (Lipinski definition) is 2. The van der Waals surface area contributed by atoms with Gasteiger partial charge in [0.2, 0.25) is 0 Å². The van der Waals surface area contributed by atoms with E-state index < -0.39 is 0 Å². The highest BCUT2D eigenvalue weighted by Gasteiger charge is 2.13. The van der Waals surface area contributed by atoms with E-state index in [4.69, 9.17) is 0 Å². The van der Waals surface area contributed by atoms with Crippen molar-refractivity contribution < 1.29 is 0 Å². The van der Waals surface area contributed by atoms with Gasteiger partial charge in [-0.1, -0.05) is 127 Å². The summed E-state index contributed by atoms with van der Waals surface area (Å²) in [6, 6.07) is 50.8. The van der Waals surface area contributed by atoms with Crippen molar-refractivity contribution in [2.24, 2.45) is 0 Å². The van der Waals surface area contributed by atoms with Crippen molar-refractivity contribution in [3.63, 3.8) is 0 Å². The highest BCUT2D eigenvalue weighted by Crippen LogP contribution is 2.39. The lowest BCUT2D eigenvalue weighted by Crippen LogP contribution is -2.00. The SMILES string of the molecule is c1ccc(-c2ccccc2Nc2ccccc2Nc2c(-c3ccccc3)ccc3ccccc23)cc1. The van der Waals surface area contributed by atoms with Gasteiger partial charge in [-0.2, -0.15) is 0 Å². The van der Waals surface area contributed by atoms with Crippen molar-refractivity contribution in [2.45, 2.75) is 0 Å². The Morgan fingerprint density at radius 3 is 1.58 bits per heavy atom. The second kappa shape index (κ2) is 9.81. The molecule has 0 spiro atoms. The van der Waals surface area contributed by atoms with E-state index in [1.165, 1.54) is 33.0 Å². The summed E-state index contributed by atoms with van der Waals surface area (Å²) in [6.45, 7) is 0. The first-order valence-corrected chi connectivity index (χ1v) is 12.2. The molecule has 0 amide bonds. The van der Waals surface area contributed by atoms with Crippen LogP contribution in [0.1, 0.15) is 0 Å². The fourth-order valence-corrected chi connectivity index (χ4v) is 4.71. The van der Waals surface area contributed by atoms with Crippen LogP contribution in [0.2, 0.25) is 0 Å². The fraction of sp³-hybridized carbons (Fsp3) is 0. The maximum atomic E-state index is 3.80. The second-order valence-corrected chi connectivity index (χ2v) is 8.78. The molecule has 6 rings (SSSR count). The Morgan fingerprint density at radius 2 is 0.861 bits per heavy atom. The Balaban J connectivity index is 1.44. The highest BCUT2D eigenvalue weighted by atomic mass is 15.0. The molecule has 0 saturated heterocycles. The third kappa shape index (κ3) is 4.33. The molecule has 6 aromatic carbocycles. The van der Waals surface area contributed by atoms with Gasteiger partial charge in [-0.05, 0) is 34.7 Å². The van der Waals surface area contributed by atoms with Crippen LogP contribution in [0.4, 0.5) is 22.7 Å². The van der Waals surface area contributed by atoms with Crippen molar-refractivity contribution in [3.8, 4) is 22.3 Å². The highest BCUT2D eigenvalue weighted by molar-refractivity contribution is 6.04. The van der Waals surface area contributed by atoms with Crippen LogP contribution < -0.4 is 10.6 Å². The average molecular weight is 463 g/mol. The van der Waals surface area contributed by atoms with E-state index in [1.54, 1.807) is 0 Å². The molecule has 2 N–H and O–H groups in total. The van der Waals surface area contributed by atoms with Gasteiger partial charge in [-0.25, -0.2) is 0 Å². The summed E-state index contributed by atoms with van der Waals surface area (Å²) < 4.78 is 0. The van der Waals surface area contributed by atoms with Crippen LogP contribution in [0, 0.1) is 0 Å². The lowest BCUT2D eigenvalue weighted by atomic mass is 9.98. The number of rotatable bonds is 6. The summed E-state index contributed by atoms with van der Waals surface area (Å²) >= 11 is 0. The van der Waals surface area contributed by atoms with Gasteiger partial charge in [0.05, 0.1) is 17.1 Å². The zero-order chi connectivity index (χ0) is 24.2. The van der Waals surface area contributed by atoms with Gasteiger partial charge in [-0.15, -0.1) is 0 Å². The van der Waals surface area contributed by atoms with Crippen molar-refractivity contribution >= 4 is 33.5 Å². The Labute approximate surface area is 211 Å². The molecule has 0 radical (unpaired) electrons. The minimum Gasteiger partial charge on any atom is -0.353 e. The number of nitrogens with one attached hydrogen (secondary N) is 2. The molecule has 0 unspecified atom stereocenters. The molecule has 2 heteroatoms. The molecule has 172 valence electrons. The first-order chi connectivity index (χ1) is 17.9. The molecule has 0 aliphatic rings. The predicted molar refractivity (Wildman–Crippen MR) is 154 cm³/mol. The Morgan fingerprint density at radius 1 is 0.333 bits per heavy atom. The Bertz CT molecular complexity index is 1620. The van der Waals surface area contributed by atoms with Crippen LogP contribution in [-0.2, 0) is 0 Å². The summed E-state index contributed by atoms with van der Waals surface area (Å²) in [5.41, 5.74) is 8.93. The van der Waals surface area contributed by atoms with Crippen LogP contribution in [-0.4, -0.2) is 0 Å². The lowest BCUT2D eigenvalue weighted by molar-refractivity contribution is 1.50. The quantitative estimate of drug-likeness (QED) is 0.257. The molecule has 0 aromatic heterocycles. The maximum Gasteiger partial charge on any atom is 0.0623 e. The van der Waals surface area contributed by atoms with Gasteiger partial charge in [0, 0.05) is 22.2 Å². The molecule has 36 heavy (non-hydrogen) atoms. The molecule has 0 bridgehead atoms. The molecular formula is C34H26N2. The van der Waals surface area contributed by atoms with Crippen molar-refractivity contribution in [1.29, 1.82) is 0 Å². The number of para-hydroxylation sites is 3. The molecule has 0 saturated carbocycles. The number of anilines is 4. The lowest BCUT2D eigenvalue weighted by Gasteiger charge is -2.20. The first kappa shape index (κ1) is 21.7. The first-order valence-electron chi connectivity index (χ1n) is 12.2. The van der Waals surface area contributed by atoms with Crippen molar-refractivity contribution in [3.05, 3.63) is 146 Å². The topological polar surface area (TPSA) is 24.1 Å². The number of hydrogen-bond acceptors (Lipinski definition) is 2. The monoisotopic (exact) mass is 462 g/mol. The Kier molecular flexibility index (Phi) is 5.91. The van der Waals surface area contributed by atoms with Crippen LogP contribution in [0.25, 0.3) is 33.0 Å². The van der Waals surface area contributed by atoms with Gasteiger partial charge in [0.25, 0.3) is 0 Å². The molecule has 0 heterocycles. The summed E-state index contributed by atoms with van der Waals surface area (Å²) in [7, 11) is 0. The van der Waals surface area contributed by atoms with Crippen LogP contribution >= 0.6 is 0 Å². The van der Waals surface area contributed by atoms with Gasteiger partial charge in [0.1, 0.15) is 0 Å². The largest absolute Gasteiger partial charge is 0.353 e. The van der Waals surface area contributed by atoms with E-state index >= 15 is 0 Å². The van der Waals surface area contributed by atoms with Gasteiger partial charge < -0.3 is 10.6 Å². The predicted octanol–water partition coefficient (Wildman–Crippen LogP) is 9.66. The maximum absolute atomic E-state index is 3.80.